The lowest BCUT2D eigenvalue weighted by Gasteiger charge is -2.17. The highest BCUT2D eigenvalue weighted by molar-refractivity contribution is 7.89. The molecule has 0 aliphatic rings. The molecule has 1 aromatic carbocycles. The summed E-state index contributed by atoms with van der Waals surface area (Å²) < 4.78 is 25.2. The predicted molar refractivity (Wildman–Crippen MR) is 73.0 cm³/mol. The summed E-state index contributed by atoms with van der Waals surface area (Å²) >= 11 is 5.91. The Labute approximate surface area is 117 Å². The minimum absolute atomic E-state index is 0.0656. The zero-order valence-corrected chi connectivity index (χ0v) is 12.5. The van der Waals surface area contributed by atoms with Crippen LogP contribution in [0.5, 0.6) is 0 Å². The average Bonchev–Trinajstić information content (AvgIpc) is 2.27. The van der Waals surface area contributed by atoms with Gasteiger partial charge in [0.15, 0.2) is 0 Å². The number of hydrogen-bond acceptors (Lipinski definition) is 3. The molecule has 0 bridgehead atoms. The maximum absolute atomic E-state index is 12.2. The van der Waals surface area contributed by atoms with E-state index in [1.165, 1.54) is 19.2 Å². The molecule has 0 amide bonds. The first-order valence-corrected chi connectivity index (χ1v) is 7.45. The van der Waals surface area contributed by atoms with Crippen molar-refractivity contribution >= 4 is 27.6 Å². The van der Waals surface area contributed by atoms with E-state index in [1.54, 1.807) is 6.07 Å². The van der Waals surface area contributed by atoms with Crippen molar-refractivity contribution in [1.29, 1.82) is 0 Å². The number of carboxylic acid groups (broad SMARTS) is 1. The molecule has 5 nitrogen and oxygen atoms in total. The molecule has 0 unspecified atom stereocenters. The number of nitrogens with zero attached hydrogens (tertiary/aromatic N) is 1. The highest BCUT2D eigenvalue weighted by Gasteiger charge is 2.25. The molecule has 7 heteroatoms. The van der Waals surface area contributed by atoms with Crippen LogP contribution in [-0.2, 0) is 14.8 Å². The van der Waals surface area contributed by atoms with Gasteiger partial charge in [0.1, 0.15) is 11.4 Å². The van der Waals surface area contributed by atoms with Crippen LogP contribution in [0.25, 0.3) is 0 Å². The summed E-state index contributed by atoms with van der Waals surface area (Å²) in [5, 5.41) is 8.75. The van der Waals surface area contributed by atoms with Gasteiger partial charge in [0, 0.05) is 7.05 Å². The van der Waals surface area contributed by atoms with Crippen LogP contribution in [0.4, 0.5) is 0 Å². The second kappa shape index (κ2) is 5.90. The van der Waals surface area contributed by atoms with Gasteiger partial charge in [-0.05, 0) is 23.6 Å². The van der Waals surface area contributed by atoms with Gasteiger partial charge in [-0.3, -0.25) is 4.79 Å². The molecule has 0 heterocycles. The molecule has 0 fully saturated rings. The van der Waals surface area contributed by atoms with E-state index in [-0.39, 0.29) is 15.8 Å². The van der Waals surface area contributed by atoms with Crippen molar-refractivity contribution in [3.8, 4) is 0 Å². The second-order valence-corrected chi connectivity index (χ2v) is 6.92. The predicted octanol–water partition coefficient (Wildman–Crippen LogP) is 2.17. The Morgan fingerprint density at radius 2 is 2.00 bits per heavy atom. The van der Waals surface area contributed by atoms with Crippen molar-refractivity contribution < 1.29 is 18.3 Å². The largest absolute Gasteiger partial charge is 0.480 e. The number of aliphatic carboxylic acids is 1. The fourth-order valence-electron chi connectivity index (χ4n) is 1.52. The molecule has 1 rings (SSSR count). The summed E-state index contributed by atoms with van der Waals surface area (Å²) in [6, 6.07) is 4.75. The summed E-state index contributed by atoms with van der Waals surface area (Å²) in [5.74, 6) is -1.07. The fourth-order valence-corrected chi connectivity index (χ4v) is 3.15. The summed E-state index contributed by atoms with van der Waals surface area (Å²) in [4.78, 5) is 10.5. The van der Waals surface area contributed by atoms with E-state index in [1.807, 2.05) is 13.8 Å². The van der Waals surface area contributed by atoms with Crippen molar-refractivity contribution in [3.05, 3.63) is 28.8 Å². The molecule has 0 saturated carbocycles. The number of sulfonamides is 1. The Bertz CT molecular complexity index is 583. The smallest absolute Gasteiger partial charge is 0.318 e. The normalized spacial score (nSPS) is 12.1. The molecular weight excluding hydrogens is 290 g/mol. The number of rotatable bonds is 5. The first-order chi connectivity index (χ1) is 8.66. The lowest BCUT2D eigenvalue weighted by atomic mass is 10.0. The maximum Gasteiger partial charge on any atom is 0.318 e. The Kier molecular flexibility index (Phi) is 4.95. The molecule has 0 spiro atoms. The Hall–Kier alpha value is -1.11. The SMILES string of the molecule is CC(C)c1ccc(Cl)c(S(=O)(=O)N(C)CC(=O)O)c1. The van der Waals surface area contributed by atoms with Gasteiger partial charge in [-0.25, -0.2) is 8.42 Å². The monoisotopic (exact) mass is 305 g/mol. The van der Waals surface area contributed by atoms with Gasteiger partial charge < -0.3 is 5.11 Å². The molecule has 0 aromatic heterocycles. The minimum Gasteiger partial charge on any atom is -0.480 e. The summed E-state index contributed by atoms with van der Waals surface area (Å²) in [6.45, 7) is 3.26. The molecule has 106 valence electrons. The Balaban J connectivity index is 3.27. The van der Waals surface area contributed by atoms with E-state index < -0.39 is 22.5 Å². The number of hydrogen-bond donors (Lipinski definition) is 1. The van der Waals surface area contributed by atoms with E-state index in [9.17, 15) is 13.2 Å². The molecule has 0 saturated heterocycles. The fraction of sp³-hybridized carbons (Fsp3) is 0.417. The van der Waals surface area contributed by atoms with E-state index in [0.717, 1.165) is 9.87 Å². The average molecular weight is 306 g/mol. The summed E-state index contributed by atoms with van der Waals surface area (Å²) in [6.07, 6.45) is 0. The van der Waals surface area contributed by atoms with Crippen LogP contribution in [0, 0.1) is 0 Å². The first-order valence-electron chi connectivity index (χ1n) is 5.64. The topological polar surface area (TPSA) is 74.7 Å². The van der Waals surface area contributed by atoms with Crippen LogP contribution >= 0.6 is 11.6 Å². The van der Waals surface area contributed by atoms with Crippen LogP contribution in [-0.4, -0.2) is 37.4 Å². The van der Waals surface area contributed by atoms with Crippen molar-refractivity contribution in [2.24, 2.45) is 0 Å². The van der Waals surface area contributed by atoms with Gasteiger partial charge in [-0.1, -0.05) is 31.5 Å². The third-order valence-corrected chi connectivity index (χ3v) is 4.95. The van der Waals surface area contributed by atoms with Crippen LogP contribution < -0.4 is 0 Å². The van der Waals surface area contributed by atoms with Gasteiger partial charge in [0.25, 0.3) is 0 Å². The van der Waals surface area contributed by atoms with Crippen LogP contribution in [0.15, 0.2) is 23.1 Å². The van der Waals surface area contributed by atoms with E-state index >= 15 is 0 Å². The van der Waals surface area contributed by atoms with E-state index in [4.69, 9.17) is 16.7 Å². The summed E-state index contributed by atoms with van der Waals surface area (Å²) in [5.41, 5.74) is 0.826. The lowest BCUT2D eigenvalue weighted by Crippen LogP contribution is -2.32. The number of halogens is 1. The third-order valence-electron chi connectivity index (χ3n) is 2.67. The maximum atomic E-state index is 12.2. The molecular formula is C12H16ClNO4S. The molecule has 19 heavy (non-hydrogen) atoms. The molecule has 0 aliphatic carbocycles. The van der Waals surface area contributed by atoms with E-state index in [2.05, 4.69) is 0 Å². The van der Waals surface area contributed by atoms with Crippen LogP contribution in [0.2, 0.25) is 5.02 Å². The Morgan fingerprint density at radius 3 is 2.47 bits per heavy atom. The van der Waals surface area contributed by atoms with Gasteiger partial charge in [0.2, 0.25) is 10.0 Å². The molecule has 1 N–H and O–H groups in total. The molecule has 0 radical (unpaired) electrons. The summed E-state index contributed by atoms with van der Waals surface area (Å²) in [7, 11) is -2.69. The number of carbonyl (C=O) groups is 1. The van der Waals surface area contributed by atoms with Crippen LogP contribution in [0.1, 0.15) is 25.3 Å². The standard InChI is InChI=1S/C12H16ClNO4S/c1-8(2)9-4-5-10(13)11(6-9)19(17,18)14(3)7-12(15)16/h4-6,8H,7H2,1-3H3,(H,15,16). The molecule has 0 atom stereocenters. The second-order valence-electron chi connectivity index (χ2n) is 4.50. The van der Waals surface area contributed by atoms with Crippen LogP contribution in [0.3, 0.4) is 0 Å². The van der Waals surface area contributed by atoms with Crippen molar-refractivity contribution in [1.82, 2.24) is 4.31 Å². The lowest BCUT2D eigenvalue weighted by molar-refractivity contribution is -0.137. The number of likely N-dealkylation sites (N-methyl/N-ethyl adjacent to an activating group) is 1. The number of carboxylic acids is 1. The third kappa shape index (κ3) is 3.68. The highest BCUT2D eigenvalue weighted by Crippen LogP contribution is 2.27. The van der Waals surface area contributed by atoms with Crippen molar-refractivity contribution in [2.75, 3.05) is 13.6 Å². The minimum atomic E-state index is -3.90. The Morgan fingerprint density at radius 1 is 1.42 bits per heavy atom. The zero-order chi connectivity index (χ0) is 14.8. The van der Waals surface area contributed by atoms with E-state index in [0.29, 0.717) is 0 Å². The molecule has 0 aliphatic heterocycles. The van der Waals surface area contributed by atoms with Gasteiger partial charge >= 0.3 is 5.97 Å². The first kappa shape index (κ1) is 15.9. The van der Waals surface area contributed by atoms with Crippen molar-refractivity contribution in [2.45, 2.75) is 24.7 Å². The quantitative estimate of drug-likeness (QED) is 0.904. The molecule has 1 aromatic rings. The van der Waals surface area contributed by atoms with Crippen molar-refractivity contribution in [3.63, 3.8) is 0 Å². The zero-order valence-electron chi connectivity index (χ0n) is 10.9. The van der Waals surface area contributed by atoms with Gasteiger partial charge in [-0.15, -0.1) is 0 Å². The highest BCUT2D eigenvalue weighted by atomic mass is 35.5. The van der Waals surface area contributed by atoms with Gasteiger partial charge in [0.05, 0.1) is 5.02 Å². The number of benzene rings is 1. The van der Waals surface area contributed by atoms with Gasteiger partial charge in [-0.2, -0.15) is 4.31 Å².